The zero-order valence-electron chi connectivity index (χ0n) is 6.03. The summed E-state index contributed by atoms with van der Waals surface area (Å²) < 4.78 is 8.91. The van der Waals surface area contributed by atoms with Crippen LogP contribution in [0.15, 0.2) is 0 Å². The number of nitrogens with one attached hydrogen (secondary N) is 1. The first-order chi connectivity index (χ1) is 5.79. The van der Waals surface area contributed by atoms with Gasteiger partial charge >= 0.3 is 5.97 Å². The molecule has 12 heavy (non-hydrogen) atoms. The molecule has 0 radical (unpaired) electrons. The highest BCUT2D eigenvalue weighted by Gasteiger charge is 2.22. The van der Waals surface area contributed by atoms with Crippen LogP contribution in [-0.4, -0.2) is 28.6 Å². The molecule has 64 valence electrons. The van der Waals surface area contributed by atoms with Gasteiger partial charge in [-0.1, -0.05) is 0 Å². The number of fused-ring (bicyclic) bond motifs is 1. The van der Waals surface area contributed by atoms with Gasteiger partial charge in [-0.25, -0.2) is 4.79 Å². The Labute approximate surface area is 72.1 Å². The third kappa shape index (κ3) is 1.00. The number of aromatic carboxylic acids is 1. The fourth-order valence-corrected chi connectivity index (χ4v) is 1.73. The van der Waals surface area contributed by atoms with Crippen LogP contribution < -0.4 is 10.1 Å². The van der Waals surface area contributed by atoms with Crippen LogP contribution >= 0.6 is 11.5 Å². The molecule has 6 heteroatoms. The minimum Gasteiger partial charge on any atom is -0.486 e. The molecule has 1 aromatic heterocycles. The van der Waals surface area contributed by atoms with E-state index >= 15 is 0 Å². The molecule has 0 amide bonds. The maximum absolute atomic E-state index is 10.6. The Hall–Kier alpha value is -1.30. The number of carboxylic acids is 1. The number of hydrogen-bond donors (Lipinski definition) is 2. The van der Waals surface area contributed by atoms with E-state index in [2.05, 4.69) is 9.69 Å². The van der Waals surface area contributed by atoms with Gasteiger partial charge in [0, 0.05) is 6.54 Å². The van der Waals surface area contributed by atoms with Gasteiger partial charge in [0.25, 0.3) is 0 Å². The molecule has 1 aliphatic rings. The summed E-state index contributed by atoms with van der Waals surface area (Å²) in [5, 5.41) is 12.4. The summed E-state index contributed by atoms with van der Waals surface area (Å²) in [6, 6.07) is 0. The molecule has 0 unspecified atom stereocenters. The van der Waals surface area contributed by atoms with Crippen LogP contribution in [0, 0.1) is 0 Å². The van der Waals surface area contributed by atoms with E-state index in [1.54, 1.807) is 0 Å². The van der Waals surface area contributed by atoms with Crippen LogP contribution in [0.3, 0.4) is 0 Å². The van der Waals surface area contributed by atoms with Crippen LogP contribution in [0.2, 0.25) is 0 Å². The topological polar surface area (TPSA) is 71.5 Å². The van der Waals surface area contributed by atoms with Gasteiger partial charge in [-0.2, -0.15) is 4.37 Å². The normalized spacial score (nSPS) is 14.3. The molecule has 2 heterocycles. The smallest absolute Gasteiger partial charge is 0.359 e. The van der Waals surface area contributed by atoms with Gasteiger partial charge in [0.05, 0.1) is 0 Å². The average Bonchev–Trinajstić information content (AvgIpc) is 2.47. The van der Waals surface area contributed by atoms with E-state index < -0.39 is 5.97 Å². The summed E-state index contributed by atoms with van der Waals surface area (Å²) in [5.74, 6) is -0.671. The van der Waals surface area contributed by atoms with Crippen molar-refractivity contribution in [3.63, 3.8) is 0 Å². The van der Waals surface area contributed by atoms with Crippen LogP contribution in [0.25, 0.3) is 0 Å². The maximum atomic E-state index is 10.6. The highest BCUT2D eigenvalue weighted by molar-refractivity contribution is 7.10. The quantitative estimate of drug-likeness (QED) is 0.673. The lowest BCUT2D eigenvalue weighted by atomic mass is 10.3. The molecule has 2 N–H and O–H groups in total. The third-order valence-corrected chi connectivity index (χ3v) is 2.27. The predicted molar refractivity (Wildman–Crippen MR) is 43.1 cm³/mol. The lowest BCUT2D eigenvalue weighted by Crippen LogP contribution is -2.17. The van der Waals surface area contributed by atoms with Gasteiger partial charge < -0.3 is 15.2 Å². The molecule has 0 saturated heterocycles. The van der Waals surface area contributed by atoms with E-state index in [1.807, 2.05) is 0 Å². The number of carbonyl (C=O) groups is 1. The van der Waals surface area contributed by atoms with Gasteiger partial charge in [-0.15, -0.1) is 0 Å². The third-order valence-electron chi connectivity index (χ3n) is 1.49. The van der Waals surface area contributed by atoms with E-state index in [0.717, 1.165) is 11.5 Å². The molecule has 0 atom stereocenters. The summed E-state index contributed by atoms with van der Waals surface area (Å²) >= 11 is 1.11. The highest BCUT2D eigenvalue weighted by atomic mass is 32.1. The Morgan fingerprint density at radius 1 is 1.75 bits per heavy atom. The van der Waals surface area contributed by atoms with Crippen LogP contribution in [0.1, 0.15) is 10.5 Å². The molecule has 0 spiro atoms. The van der Waals surface area contributed by atoms with Crippen LogP contribution in [-0.2, 0) is 0 Å². The highest BCUT2D eigenvalue weighted by Crippen LogP contribution is 2.34. The summed E-state index contributed by atoms with van der Waals surface area (Å²) in [5.41, 5.74) is 0.00204. The number of hydrogen-bond acceptors (Lipinski definition) is 5. The van der Waals surface area contributed by atoms with E-state index in [1.165, 1.54) is 0 Å². The molecular weight excluding hydrogens is 180 g/mol. The second-order valence-corrected chi connectivity index (χ2v) is 3.04. The van der Waals surface area contributed by atoms with Crippen molar-refractivity contribution in [2.45, 2.75) is 0 Å². The Morgan fingerprint density at radius 3 is 3.33 bits per heavy atom. The Morgan fingerprint density at radius 2 is 2.58 bits per heavy atom. The first kappa shape index (κ1) is 7.35. The van der Waals surface area contributed by atoms with Crippen molar-refractivity contribution in [3.05, 3.63) is 5.69 Å². The van der Waals surface area contributed by atoms with Gasteiger partial charge in [0.15, 0.2) is 10.8 Å². The van der Waals surface area contributed by atoms with E-state index in [9.17, 15) is 4.79 Å². The first-order valence-corrected chi connectivity index (χ1v) is 4.16. The molecule has 1 aliphatic heterocycles. The Kier molecular flexibility index (Phi) is 1.61. The summed E-state index contributed by atoms with van der Waals surface area (Å²) in [7, 11) is 0. The SMILES string of the molecule is O=C(O)c1nsc2c1OCCN2. The predicted octanol–water partition coefficient (Wildman–Crippen LogP) is 0.646. The molecule has 0 bridgehead atoms. The van der Waals surface area contributed by atoms with Crippen molar-refractivity contribution in [3.8, 4) is 5.75 Å². The second kappa shape index (κ2) is 2.63. The average molecular weight is 186 g/mol. The number of ether oxygens (including phenoxy) is 1. The largest absolute Gasteiger partial charge is 0.486 e. The van der Waals surface area contributed by atoms with Crippen molar-refractivity contribution in [1.29, 1.82) is 0 Å². The lowest BCUT2D eigenvalue weighted by Gasteiger charge is -2.13. The molecule has 0 aromatic carbocycles. The van der Waals surface area contributed by atoms with Gasteiger partial charge in [0.2, 0.25) is 5.69 Å². The van der Waals surface area contributed by atoms with E-state index in [-0.39, 0.29) is 5.69 Å². The standard InChI is InChI=1S/C6H6N2O3S/c9-6(10)3-4-5(12-8-3)7-1-2-11-4/h7H,1-2H2,(H,9,10). The zero-order valence-corrected chi connectivity index (χ0v) is 6.85. The number of carboxylic acid groups (broad SMARTS) is 1. The number of anilines is 1. The van der Waals surface area contributed by atoms with Gasteiger partial charge in [-0.3, -0.25) is 0 Å². The summed E-state index contributed by atoms with van der Waals surface area (Å²) in [6.45, 7) is 1.19. The number of rotatable bonds is 1. The maximum Gasteiger partial charge on any atom is 0.359 e. The zero-order chi connectivity index (χ0) is 8.55. The second-order valence-electron chi connectivity index (χ2n) is 2.27. The van der Waals surface area contributed by atoms with Crippen LogP contribution in [0.5, 0.6) is 5.75 Å². The van der Waals surface area contributed by atoms with Crippen molar-refractivity contribution < 1.29 is 14.6 Å². The Balaban J connectivity index is 2.44. The first-order valence-electron chi connectivity index (χ1n) is 3.38. The molecular formula is C6H6N2O3S. The van der Waals surface area contributed by atoms with Crippen molar-refractivity contribution in [2.24, 2.45) is 0 Å². The van der Waals surface area contributed by atoms with Crippen molar-refractivity contribution in [1.82, 2.24) is 4.37 Å². The van der Waals surface area contributed by atoms with Crippen molar-refractivity contribution >= 4 is 22.5 Å². The monoisotopic (exact) mass is 186 g/mol. The summed E-state index contributed by atoms with van der Waals surface area (Å²) in [4.78, 5) is 10.6. The molecule has 1 aromatic rings. The van der Waals surface area contributed by atoms with Gasteiger partial charge in [0.1, 0.15) is 6.61 Å². The minimum atomic E-state index is -1.05. The van der Waals surface area contributed by atoms with E-state index in [4.69, 9.17) is 9.84 Å². The summed E-state index contributed by atoms with van der Waals surface area (Å²) in [6.07, 6.45) is 0. The molecule has 5 nitrogen and oxygen atoms in total. The minimum absolute atomic E-state index is 0.00204. The fourth-order valence-electron chi connectivity index (χ4n) is 0.982. The molecule has 0 fully saturated rings. The Bertz CT molecular complexity index is 323. The van der Waals surface area contributed by atoms with Crippen molar-refractivity contribution in [2.75, 3.05) is 18.5 Å². The molecule has 0 saturated carbocycles. The number of nitrogens with zero attached hydrogens (tertiary/aromatic N) is 1. The van der Waals surface area contributed by atoms with Crippen LogP contribution in [0.4, 0.5) is 5.00 Å². The molecule has 2 rings (SSSR count). The van der Waals surface area contributed by atoms with Gasteiger partial charge in [-0.05, 0) is 11.5 Å². The fraction of sp³-hybridized carbons (Fsp3) is 0.333. The number of aromatic nitrogens is 1. The van der Waals surface area contributed by atoms with E-state index in [0.29, 0.717) is 23.9 Å². The lowest BCUT2D eigenvalue weighted by molar-refractivity contribution is 0.0687. The molecule has 0 aliphatic carbocycles.